The van der Waals surface area contributed by atoms with Gasteiger partial charge in [0.05, 0.1) is 17.0 Å². The zero-order chi connectivity index (χ0) is 27.7. The van der Waals surface area contributed by atoms with E-state index in [9.17, 15) is 22.8 Å². The summed E-state index contributed by atoms with van der Waals surface area (Å²) in [6.45, 7) is 3.04. The number of rotatable bonds is 5. The first-order chi connectivity index (χ1) is 18.7. The van der Waals surface area contributed by atoms with Gasteiger partial charge in [0.25, 0.3) is 5.91 Å². The van der Waals surface area contributed by atoms with E-state index in [1.165, 1.54) is 18.5 Å². The van der Waals surface area contributed by atoms with Gasteiger partial charge in [-0.3, -0.25) is 9.59 Å². The number of hydrogen-bond donors (Lipinski definition) is 2. The lowest BCUT2D eigenvalue weighted by molar-refractivity contribution is -0.137. The summed E-state index contributed by atoms with van der Waals surface area (Å²) in [5, 5.41) is 7.77. The maximum atomic E-state index is 13.0. The summed E-state index contributed by atoms with van der Waals surface area (Å²) in [6, 6.07) is 7.91. The first kappa shape index (κ1) is 26.1. The molecule has 0 spiro atoms. The van der Waals surface area contributed by atoms with Crippen molar-refractivity contribution in [2.24, 2.45) is 0 Å². The van der Waals surface area contributed by atoms with E-state index in [0.717, 1.165) is 31.2 Å². The highest BCUT2D eigenvalue weighted by molar-refractivity contribution is 6.04. The lowest BCUT2D eigenvalue weighted by Gasteiger charge is -2.32. The van der Waals surface area contributed by atoms with Crippen LogP contribution in [0.4, 0.5) is 24.8 Å². The molecule has 1 aliphatic rings. The minimum atomic E-state index is -4.55. The number of pyridine rings is 1. The molecule has 10 nitrogen and oxygen atoms in total. The number of likely N-dealkylation sites (tertiary alicyclic amines) is 1. The number of alkyl halides is 3. The molecule has 202 valence electrons. The standard InChI is InChI=1S/C26H25F3N8O2/c1-2-20(38)36-11-3-4-18(13-36)37-24-21(23(30)32-14-33-24)22(35-37)15-5-7-16(8-6-15)25(39)34-19-12-17(9-10-31-19)26(27,28)29/h5-10,12,14,18H,2-4,11,13H2,1H3,(H2,30,32,33)(H,31,34,39). The van der Waals surface area contributed by atoms with Crippen molar-refractivity contribution in [3.8, 4) is 11.3 Å². The molecular formula is C26H25F3N8O2. The summed E-state index contributed by atoms with van der Waals surface area (Å²) in [7, 11) is 0. The molecule has 1 fully saturated rings. The molecular weight excluding hydrogens is 513 g/mol. The number of nitrogen functional groups attached to an aromatic ring is 1. The van der Waals surface area contributed by atoms with Gasteiger partial charge in [-0.25, -0.2) is 19.6 Å². The second kappa shape index (κ2) is 10.3. The lowest BCUT2D eigenvalue weighted by Crippen LogP contribution is -2.40. The summed E-state index contributed by atoms with van der Waals surface area (Å²) >= 11 is 0. The number of nitrogens with one attached hydrogen (secondary N) is 1. The normalized spacial score (nSPS) is 15.9. The van der Waals surface area contributed by atoms with Crippen molar-refractivity contribution >= 4 is 34.5 Å². The largest absolute Gasteiger partial charge is 0.416 e. The molecule has 3 N–H and O–H groups in total. The van der Waals surface area contributed by atoms with E-state index in [0.29, 0.717) is 41.8 Å². The predicted molar refractivity (Wildman–Crippen MR) is 138 cm³/mol. The third kappa shape index (κ3) is 5.24. The quantitative estimate of drug-likeness (QED) is 0.387. The molecule has 1 atom stereocenters. The van der Waals surface area contributed by atoms with Crippen molar-refractivity contribution in [1.29, 1.82) is 0 Å². The van der Waals surface area contributed by atoms with Gasteiger partial charge < -0.3 is 16.0 Å². The molecule has 13 heteroatoms. The van der Waals surface area contributed by atoms with Gasteiger partial charge in [0.2, 0.25) is 5.91 Å². The highest BCUT2D eigenvalue weighted by Gasteiger charge is 2.31. The van der Waals surface area contributed by atoms with Crippen molar-refractivity contribution < 1.29 is 22.8 Å². The van der Waals surface area contributed by atoms with E-state index in [1.807, 2.05) is 11.8 Å². The molecule has 5 rings (SSSR count). The second-order valence-corrected chi connectivity index (χ2v) is 9.20. The fourth-order valence-electron chi connectivity index (χ4n) is 4.70. The Morgan fingerprint density at radius 1 is 1.13 bits per heavy atom. The molecule has 0 radical (unpaired) electrons. The number of hydrogen-bond acceptors (Lipinski definition) is 7. The zero-order valence-electron chi connectivity index (χ0n) is 20.9. The number of halogens is 3. The monoisotopic (exact) mass is 538 g/mol. The van der Waals surface area contributed by atoms with E-state index >= 15 is 0 Å². The third-order valence-electron chi connectivity index (χ3n) is 6.67. The van der Waals surface area contributed by atoms with Crippen LogP contribution in [-0.2, 0) is 11.0 Å². The van der Waals surface area contributed by atoms with Crippen LogP contribution < -0.4 is 11.1 Å². The number of piperidine rings is 1. The van der Waals surface area contributed by atoms with Crippen LogP contribution in [0.1, 0.15) is 48.1 Å². The zero-order valence-corrected chi connectivity index (χ0v) is 20.9. The summed E-state index contributed by atoms with van der Waals surface area (Å²) in [5.74, 6) is -0.498. The molecule has 3 aromatic heterocycles. The maximum Gasteiger partial charge on any atom is 0.416 e. The first-order valence-electron chi connectivity index (χ1n) is 12.4. The molecule has 0 aliphatic carbocycles. The predicted octanol–water partition coefficient (Wildman–Crippen LogP) is 4.32. The average Bonchev–Trinajstić information content (AvgIpc) is 3.33. The number of carbonyl (C=O) groups excluding carboxylic acids is 2. The molecule has 0 saturated carbocycles. The number of carbonyl (C=O) groups is 2. The minimum absolute atomic E-state index is 0.0831. The number of fused-ring (bicyclic) bond motifs is 1. The molecule has 4 heterocycles. The first-order valence-corrected chi connectivity index (χ1v) is 12.4. The summed E-state index contributed by atoms with van der Waals surface area (Å²) in [4.78, 5) is 39.2. The Labute approximate surface area is 221 Å². The molecule has 4 aromatic rings. The van der Waals surface area contributed by atoms with Crippen LogP contribution in [0.2, 0.25) is 0 Å². The summed E-state index contributed by atoms with van der Waals surface area (Å²) < 4.78 is 40.7. The lowest BCUT2D eigenvalue weighted by atomic mass is 10.1. The molecule has 2 amide bonds. The Morgan fingerprint density at radius 3 is 2.62 bits per heavy atom. The number of amides is 2. The van der Waals surface area contributed by atoms with E-state index in [1.54, 1.807) is 16.8 Å². The Hall–Kier alpha value is -4.55. The van der Waals surface area contributed by atoms with Crippen LogP contribution in [0.3, 0.4) is 0 Å². The van der Waals surface area contributed by atoms with Gasteiger partial charge in [-0.2, -0.15) is 18.3 Å². The fourth-order valence-corrected chi connectivity index (χ4v) is 4.70. The number of benzene rings is 1. The van der Waals surface area contributed by atoms with Crippen LogP contribution in [0.5, 0.6) is 0 Å². The van der Waals surface area contributed by atoms with Gasteiger partial charge in [0, 0.05) is 36.8 Å². The van der Waals surface area contributed by atoms with Crippen LogP contribution in [0.25, 0.3) is 22.3 Å². The SMILES string of the molecule is CCC(=O)N1CCCC(n2nc(-c3ccc(C(=O)Nc4cc(C(F)(F)F)ccn4)cc3)c3c(N)ncnc32)C1. The molecule has 1 aliphatic heterocycles. The minimum Gasteiger partial charge on any atom is -0.383 e. The Morgan fingerprint density at radius 2 is 1.90 bits per heavy atom. The molecule has 1 saturated heterocycles. The Kier molecular flexibility index (Phi) is 6.89. The topological polar surface area (TPSA) is 132 Å². The van der Waals surface area contributed by atoms with E-state index < -0.39 is 17.6 Å². The molecule has 1 unspecified atom stereocenters. The number of nitrogens with two attached hydrogens (primary N) is 1. The number of anilines is 2. The van der Waals surface area contributed by atoms with Gasteiger partial charge in [-0.05, 0) is 37.1 Å². The van der Waals surface area contributed by atoms with Crippen molar-refractivity contribution in [3.63, 3.8) is 0 Å². The van der Waals surface area contributed by atoms with Crippen LogP contribution >= 0.6 is 0 Å². The van der Waals surface area contributed by atoms with Gasteiger partial charge in [0.15, 0.2) is 5.65 Å². The van der Waals surface area contributed by atoms with Crippen molar-refractivity contribution in [1.82, 2.24) is 29.6 Å². The van der Waals surface area contributed by atoms with E-state index in [4.69, 9.17) is 10.8 Å². The maximum absolute atomic E-state index is 13.0. The molecule has 1 aromatic carbocycles. The van der Waals surface area contributed by atoms with Crippen LogP contribution in [0.15, 0.2) is 48.9 Å². The Bertz CT molecular complexity index is 1530. The number of nitrogens with zero attached hydrogens (tertiary/aromatic N) is 6. The average molecular weight is 539 g/mol. The van der Waals surface area contributed by atoms with Crippen molar-refractivity contribution in [3.05, 3.63) is 60.0 Å². The molecule has 0 bridgehead atoms. The third-order valence-corrected chi connectivity index (χ3v) is 6.67. The fraction of sp³-hybridized carbons (Fsp3) is 0.308. The van der Waals surface area contributed by atoms with Crippen molar-refractivity contribution in [2.75, 3.05) is 24.1 Å². The van der Waals surface area contributed by atoms with Crippen LogP contribution in [0, 0.1) is 0 Å². The molecule has 39 heavy (non-hydrogen) atoms. The highest BCUT2D eigenvalue weighted by atomic mass is 19.4. The van der Waals surface area contributed by atoms with E-state index in [2.05, 4.69) is 20.3 Å². The Balaban J connectivity index is 1.43. The van der Waals surface area contributed by atoms with Gasteiger partial charge >= 0.3 is 6.18 Å². The summed E-state index contributed by atoms with van der Waals surface area (Å²) in [5.41, 5.74) is 7.24. The number of aromatic nitrogens is 5. The highest BCUT2D eigenvalue weighted by Crippen LogP contribution is 2.34. The van der Waals surface area contributed by atoms with Gasteiger partial charge in [-0.1, -0.05) is 19.1 Å². The van der Waals surface area contributed by atoms with Gasteiger partial charge in [0.1, 0.15) is 23.7 Å². The smallest absolute Gasteiger partial charge is 0.383 e. The van der Waals surface area contributed by atoms with E-state index in [-0.39, 0.29) is 29.1 Å². The van der Waals surface area contributed by atoms with Crippen molar-refractivity contribution in [2.45, 2.75) is 38.4 Å². The van der Waals surface area contributed by atoms with Gasteiger partial charge in [-0.15, -0.1) is 0 Å². The second-order valence-electron chi connectivity index (χ2n) is 9.20. The summed E-state index contributed by atoms with van der Waals surface area (Å²) in [6.07, 6.45) is -0.125. The van der Waals surface area contributed by atoms with Crippen LogP contribution in [-0.4, -0.2) is 54.5 Å².